The van der Waals surface area contributed by atoms with E-state index in [4.69, 9.17) is 4.74 Å². The van der Waals surface area contributed by atoms with Gasteiger partial charge in [0.25, 0.3) is 0 Å². The van der Waals surface area contributed by atoms with Crippen LogP contribution >= 0.6 is 0 Å². The number of carbonyl (C=O) groups is 1. The van der Waals surface area contributed by atoms with E-state index in [0.29, 0.717) is 6.42 Å². The van der Waals surface area contributed by atoms with Gasteiger partial charge in [0.1, 0.15) is 5.75 Å². The van der Waals surface area contributed by atoms with Crippen LogP contribution in [0.5, 0.6) is 5.75 Å². The molecule has 0 saturated heterocycles. The van der Waals surface area contributed by atoms with Gasteiger partial charge >= 0.3 is 0 Å². The molecule has 0 aliphatic heterocycles. The Bertz CT molecular complexity index is 709. The van der Waals surface area contributed by atoms with Gasteiger partial charge in [-0.1, -0.05) is 48.0 Å². The summed E-state index contributed by atoms with van der Waals surface area (Å²) in [6.45, 7) is 2.08. The molecule has 23 heavy (non-hydrogen) atoms. The van der Waals surface area contributed by atoms with Crippen LogP contribution in [-0.4, -0.2) is 12.9 Å². The Hall–Kier alpha value is -2.35. The van der Waals surface area contributed by atoms with Gasteiger partial charge in [0.05, 0.1) is 7.11 Å². The third-order valence-electron chi connectivity index (χ3n) is 4.47. The highest BCUT2D eigenvalue weighted by molar-refractivity contribution is 5.98. The van der Waals surface area contributed by atoms with Crippen molar-refractivity contribution in [2.45, 2.75) is 32.1 Å². The predicted molar refractivity (Wildman–Crippen MR) is 93.0 cm³/mol. The molecule has 1 aliphatic rings. The van der Waals surface area contributed by atoms with Crippen LogP contribution in [0.2, 0.25) is 0 Å². The molecule has 0 saturated carbocycles. The minimum Gasteiger partial charge on any atom is -0.497 e. The zero-order valence-electron chi connectivity index (χ0n) is 13.7. The molecule has 0 heterocycles. The number of ketones is 1. The highest BCUT2D eigenvalue weighted by Gasteiger charge is 2.25. The topological polar surface area (TPSA) is 26.3 Å². The highest BCUT2D eigenvalue weighted by atomic mass is 16.5. The van der Waals surface area contributed by atoms with Crippen molar-refractivity contribution in [1.29, 1.82) is 0 Å². The van der Waals surface area contributed by atoms with E-state index < -0.39 is 0 Å². The van der Waals surface area contributed by atoms with Crippen LogP contribution in [0.3, 0.4) is 0 Å². The van der Waals surface area contributed by atoms with Crippen LogP contribution in [0.4, 0.5) is 0 Å². The van der Waals surface area contributed by atoms with Gasteiger partial charge in [-0.3, -0.25) is 4.79 Å². The quantitative estimate of drug-likeness (QED) is 0.810. The van der Waals surface area contributed by atoms with E-state index in [-0.39, 0.29) is 11.7 Å². The first kappa shape index (κ1) is 15.5. The van der Waals surface area contributed by atoms with Crippen LogP contribution in [-0.2, 0) is 4.79 Å². The number of benzene rings is 2. The number of allylic oxidation sites excluding steroid dienone is 2. The molecule has 0 bridgehead atoms. The summed E-state index contributed by atoms with van der Waals surface area (Å²) in [5.74, 6) is 1.12. The minimum atomic E-state index is 0.00862. The van der Waals surface area contributed by atoms with E-state index in [0.717, 1.165) is 29.7 Å². The molecule has 2 aromatic rings. The number of Topliss-reactive ketones (excluding diaryl/α,β-unsaturated/α-hetero) is 1. The predicted octanol–water partition coefficient (Wildman–Crippen LogP) is 4.81. The molecule has 0 spiro atoms. The molecule has 0 fully saturated rings. The number of carbonyl (C=O) groups excluding carboxylic acids is 1. The molecule has 0 N–H and O–H groups in total. The molecule has 1 atom stereocenters. The van der Waals surface area contributed by atoms with Gasteiger partial charge in [0.15, 0.2) is 5.78 Å². The maximum atomic E-state index is 12.5. The lowest BCUT2D eigenvalue weighted by molar-refractivity contribution is -0.116. The van der Waals surface area contributed by atoms with Crippen molar-refractivity contribution >= 4 is 5.78 Å². The van der Waals surface area contributed by atoms with Crippen molar-refractivity contribution in [2.75, 3.05) is 7.11 Å². The molecule has 2 aromatic carbocycles. The van der Waals surface area contributed by atoms with E-state index in [1.807, 2.05) is 12.1 Å². The molecular weight excluding hydrogens is 284 g/mol. The van der Waals surface area contributed by atoms with Gasteiger partial charge in [0.2, 0.25) is 0 Å². The van der Waals surface area contributed by atoms with Gasteiger partial charge in [-0.05, 0) is 43.0 Å². The lowest BCUT2D eigenvalue weighted by Gasteiger charge is -2.23. The summed E-state index contributed by atoms with van der Waals surface area (Å²) >= 11 is 0. The zero-order chi connectivity index (χ0) is 16.2. The van der Waals surface area contributed by atoms with Crippen molar-refractivity contribution in [3.05, 3.63) is 76.9 Å². The monoisotopic (exact) mass is 306 g/mol. The number of ether oxygens (including phenoxy) is 1. The highest BCUT2D eigenvalue weighted by Crippen LogP contribution is 2.36. The Morgan fingerprint density at radius 3 is 2.13 bits per heavy atom. The summed E-state index contributed by atoms with van der Waals surface area (Å²) in [6, 6.07) is 16.5. The third-order valence-corrected chi connectivity index (χ3v) is 4.47. The van der Waals surface area contributed by atoms with Gasteiger partial charge in [-0.25, -0.2) is 0 Å². The molecule has 118 valence electrons. The van der Waals surface area contributed by atoms with E-state index in [1.54, 1.807) is 7.11 Å². The Balaban J connectivity index is 2.06. The second-order valence-electron chi connectivity index (χ2n) is 6.09. The third kappa shape index (κ3) is 3.37. The summed E-state index contributed by atoms with van der Waals surface area (Å²) in [6.07, 6.45) is 4.73. The lowest BCUT2D eigenvalue weighted by atomic mass is 9.79. The molecule has 2 heteroatoms. The Kier molecular flexibility index (Phi) is 4.61. The van der Waals surface area contributed by atoms with Crippen molar-refractivity contribution in [3.8, 4) is 5.75 Å². The first-order chi connectivity index (χ1) is 11.2. The van der Waals surface area contributed by atoms with Crippen LogP contribution in [0.15, 0.2) is 60.2 Å². The molecule has 0 amide bonds. The Morgan fingerprint density at radius 1 is 0.957 bits per heavy atom. The van der Waals surface area contributed by atoms with Crippen molar-refractivity contribution in [3.63, 3.8) is 0 Å². The number of hydrogen-bond donors (Lipinski definition) is 0. The second kappa shape index (κ2) is 6.82. The van der Waals surface area contributed by atoms with Gasteiger partial charge in [0, 0.05) is 17.9 Å². The molecule has 0 aromatic heterocycles. The number of aryl methyl sites for hydroxylation is 1. The summed E-state index contributed by atoms with van der Waals surface area (Å²) in [7, 11) is 1.67. The molecule has 0 radical (unpaired) electrons. The van der Waals surface area contributed by atoms with E-state index in [1.165, 1.54) is 11.1 Å². The van der Waals surface area contributed by atoms with Crippen LogP contribution in [0, 0.1) is 6.92 Å². The molecule has 1 unspecified atom stereocenters. The SMILES string of the molecule is COc1ccc(C(C2=CCCCC2=O)c2ccc(C)cc2)cc1. The summed E-state index contributed by atoms with van der Waals surface area (Å²) in [4.78, 5) is 12.5. The van der Waals surface area contributed by atoms with Crippen molar-refractivity contribution < 1.29 is 9.53 Å². The molecule has 2 nitrogen and oxygen atoms in total. The van der Waals surface area contributed by atoms with E-state index >= 15 is 0 Å². The average Bonchev–Trinajstić information content (AvgIpc) is 2.59. The zero-order valence-corrected chi connectivity index (χ0v) is 13.7. The maximum Gasteiger partial charge on any atom is 0.159 e. The summed E-state index contributed by atoms with van der Waals surface area (Å²) in [5, 5.41) is 0. The van der Waals surface area contributed by atoms with Crippen LogP contribution < -0.4 is 4.74 Å². The van der Waals surface area contributed by atoms with E-state index in [9.17, 15) is 4.79 Å². The first-order valence-corrected chi connectivity index (χ1v) is 8.13. The molecule has 3 rings (SSSR count). The lowest BCUT2D eigenvalue weighted by Crippen LogP contribution is -2.16. The van der Waals surface area contributed by atoms with Crippen LogP contribution in [0.1, 0.15) is 41.9 Å². The van der Waals surface area contributed by atoms with Crippen molar-refractivity contribution in [2.24, 2.45) is 0 Å². The Labute approximate surface area is 137 Å². The smallest absolute Gasteiger partial charge is 0.159 e. The van der Waals surface area contributed by atoms with Crippen LogP contribution in [0.25, 0.3) is 0 Å². The first-order valence-electron chi connectivity index (χ1n) is 8.13. The summed E-state index contributed by atoms with van der Waals surface area (Å²) < 4.78 is 5.26. The minimum absolute atomic E-state index is 0.00862. The number of methoxy groups -OCH3 is 1. The fourth-order valence-electron chi connectivity index (χ4n) is 3.16. The Morgan fingerprint density at radius 2 is 1.57 bits per heavy atom. The standard InChI is InChI=1S/C21H22O2/c1-15-7-9-16(10-8-15)21(19-5-3-4-6-20(19)22)17-11-13-18(23-2)14-12-17/h5,7-14,21H,3-4,6H2,1-2H3. The second-order valence-corrected chi connectivity index (χ2v) is 6.09. The van der Waals surface area contributed by atoms with Gasteiger partial charge < -0.3 is 4.74 Å². The summed E-state index contributed by atoms with van der Waals surface area (Å²) in [5.41, 5.74) is 4.47. The number of hydrogen-bond acceptors (Lipinski definition) is 2. The largest absolute Gasteiger partial charge is 0.497 e. The van der Waals surface area contributed by atoms with Crippen molar-refractivity contribution in [1.82, 2.24) is 0 Å². The van der Waals surface area contributed by atoms with Gasteiger partial charge in [-0.2, -0.15) is 0 Å². The van der Waals surface area contributed by atoms with Gasteiger partial charge in [-0.15, -0.1) is 0 Å². The molecular formula is C21H22O2. The normalized spacial score (nSPS) is 15.9. The fraction of sp³-hybridized carbons (Fsp3) is 0.286. The fourth-order valence-corrected chi connectivity index (χ4v) is 3.16. The number of rotatable bonds is 4. The van der Waals surface area contributed by atoms with E-state index in [2.05, 4.69) is 49.4 Å². The average molecular weight is 306 g/mol. The maximum absolute atomic E-state index is 12.5. The molecule has 1 aliphatic carbocycles.